The molecule has 0 aliphatic heterocycles. The second-order valence-corrected chi connectivity index (χ2v) is 16.6. The van der Waals surface area contributed by atoms with Crippen LogP contribution >= 0.6 is 11.3 Å². The van der Waals surface area contributed by atoms with Gasteiger partial charge in [0.15, 0.2) is 0 Å². The highest BCUT2D eigenvalue weighted by molar-refractivity contribution is 7.26. The minimum absolute atomic E-state index is 0.874. The lowest BCUT2D eigenvalue weighted by molar-refractivity contribution is 0.669. The van der Waals surface area contributed by atoms with Gasteiger partial charge in [-0.15, -0.1) is 11.3 Å². The van der Waals surface area contributed by atoms with Gasteiger partial charge in [-0.05, 0) is 146 Å². The first-order valence-corrected chi connectivity index (χ1v) is 21.4. The molecule has 12 rings (SSSR count). The van der Waals surface area contributed by atoms with Crippen LogP contribution in [0.3, 0.4) is 0 Å². The SMILES string of the molecule is C1=C=CC(c2cc(-c3ccccc3)cc(-c3ccc(N(c4cccc(-c5ccccc5)c4)c4ccc5oc6ccccc6c5c4)c4c3sc3cc5ccccc5cc34)c2)=CC=1. The molecule has 0 fully saturated rings. The number of allylic oxidation sites excluding steroid dienone is 4. The summed E-state index contributed by atoms with van der Waals surface area (Å²) >= 11 is 1.88. The maximum Gasteiger partial charge on any atom is 0.135 e. The van der Waals surface area contributed by atoms with Crippen molar-refractivity contribution in [2.75, 3.05) is 4.90 Å². The second-order valence-electron chi connectivity index (χ2n) is 15.6. The zero-order chi connectivity index (χ0) is 40.3. The van der Waals surface area contributed by atoms with Crippen molar-refractivity contribution in [1.29, 1.82) is 0 Å². The Labute approximate surface area is 357 Å². The summed E-state index contributed by atoms with van der Waals surface area (Å²) in [5.74, 6) is 0. The predicted octanol–water partition coefficient (Wildman–Crippen LogP) is 16.8. The standard InChI is InChI=1S/C58H35NOS/c1-4-15-38(16-5-1)41-23-14-24-47(34-41)59(48-27-30-55-51(37-48)50-25-12-13-26-54(50)60-55)53-29-28-49(58-57(53)52-35-42-21-10-11-22-43(42)36-56(52)61-58)46-32-44(39-17-6-2-7-18-39)31-45(33-46)40-19-8-3-9-20-40/h1-2,4-8,10-37H. The topological polar surface area (TPSA) is 16.4 Å². The lowest BCUT2D eigenvalue weighted by Crippen LogP contribution is -2.10. The second kappa shape index (κ2) is 14.4. The third-order valence-corrected chi connectivity index (χ3v) is 13.1. The average molecular weight is 794 g/mol. The molecule has 2 heterocycles. The molecule has 0 bridgehead atoms. The van der Waals surface area contributed by atoms with Crippen LogP contribution in [0, 0.1) is 0 Å². The third kappa shape index (κ3) is 6.13. The van der Waals surface area contributed by atoms with Crippen LogP contribution in [0.5, 0.6) is 0 Å². The molecule has 1 aliphatic carbocycles. The molecule has 0 saturated carbocycles. The Bertz CT molecular complexity index is 3670. The van der Waals surface area contributed by atoms with Crippen LogP contribution in [0.15, 0.2) is 228 Å². The van der Waals surface area contributed by atoms with Gasteiger partial charge in [0.25, 0.3) is 0 Å². The lowest BCUT2D eigenvalue weighted by Gasteiger charge is -2.27. The largest absolute Gasteiger partial charge is 0.456 e. The smallest absolute Gasteiger partial charge is 0.135 e. The summed E-state index contributed by atoms with van der Waals surface area (Å²) < 4.78 is 8.85. The first kappa shape index (κ1) is 35.1. The van der Waals surface area contributed by atoms with Crippen molar-refractivity contribution in [1.82, 2.24) is 0 Å². The van der Waals surface area contributed by atoms with Crippen molar-refractivity contribution in [3.63, 3.8) is 0 Å². The number of para-hydroxylation sites is 1. The first-order valence-electron chi connectivity index (χ1n) is 20.6. The molecule has 0 atom stereocenters. The zero-order valence-corrected chi connectivity index (χ0v) is 33.8. The Morgan fingerprint density at radius 1 is 0.443 bits per heavy atom. The van der Waals surface area contributed by atoms with E-state index in [9.17, 15) is 0 Å². The lowest BCUT2D eigenvalue weighted by atomic mass is 9.91. The van der Waals surface area contributed by atoms with Crippen LogP contribution in [-0.2, 0) is 0 Å². The Hall–Kier alpha value is -7.90. The quantitative estimate of drug-likeness (QED) is 0.149. The average Bonchev–Trinajstić information content (AvgIpc) is 3.90. The monoisotopic (exact) mass is 793 g/mol. The van der Waals surface area contributed by atoms with Gasteiger partial charge in [0.05, 0.1) is 5.69 Å². The minimum atomic E-state index is 0.874. The van der Waals surface area contributed by atoms with Crippen LogP contribution < -0.4 is 4.90 Å². The predicted molar refractivity (Wildman–Crippen MR) is 259 cm³/mol. The number of furan rings is 1. The highest BCUT2D eigenvalue weighted by atomic mass is 32.1. The molecule has 3 heteroatoms. The molecule has 284 valence electrons. The van der Waals surface area contributed by atoms with Gasteiger partial charge in [0, 0.05) is 42.3 Å². The van der Waals surface area contributed by atoms with Gasteiger partial charge in [0.1, 0.15) is 11.2 Å². The molecule has 0 radical (unpaired) electrons. The van der Waals surface area contributed by atoms with Gasteiger partial charge < -0.3 is 9.32 Å². The first-order chi connectivity index (χ1) is 30.2. The number of anilines is 3. The minimum Gasteiger partial charge on any atom is -0.456 e. The van der Waals surface area contributed by atoms with Crippen LogP contribution in [0.1, 0.15) is 5.56 Å². The van der Waals surface area contributed by atoms with Gasteiger partial charge in [-0.3, -0.25) is 0 Å². The molecular formula is C58H35NOS. The summed E-state index contributed by atoms with van der Waals surface area (Å²) in [6.07, 6.45) is 6.09. The molecule has 11 aromatic rings. The van der Waals surface area contributed by atoms with E-state index in [1.54, 1.807) is 0 Å². The fraction of sp³-hybridized carbons (Fsp3) is 0. The van der Waals surface area contributed by atoms with Gasteiger partial charge in [-0.25, -0.2) is 0 Å². The number of benzene rings is 9. The summed E-state index contributed by atoms with van der Waals surface area (Å²) in [7, 11) is 0. The molecule has 2 aromatic heterocycles. The van der Waals surface area contributed by atoms with Gasteiger partial charge in [0.2, 0.25) is 0 Å². The van der Waals surface area contributed by atoms with Crippen LogP contribution in [0.4, 0.5) is 17.1 Å². The van der Waals surface area contributed by atoms with E-state index in [0.29, 0.717) is 0 Å². The molecule has 2 nitrogen and oxygen atoms in total. The molecule has 1 aliphatic rings. The van der Waals surface area contributed by atoms with E-state index >= 15 is 0 Å². The van der Waals surface area contributed by atoms with Crippen molar-refractivity contribution in [3.05, 3.63) is 229 Å². The Kier molecular flexibility index (Phi) is 8.30. The van der Waals surface area contributed by atoms with Crippen molar-refractivity contribution in [2.45, 2.75) is 0 Å². The van der Waals surface area contributed by atoms with Crippen molar-refractivity contribution in [2.24, 2.45) is 0 Å². The van der Waals surface area contributed by atoms with E-state index in [1.807, 2.05) is 35.6 Å². The fourth-order valence-corrected chi connectivity index (χ4v) is 10.3. The molecule has 0 unspecified atom stereocenters. The van der Waals surface area contributed by atoms with E-state index in [4.69, 9.17) is 4.42 Å². The Morgan fingerprint density at radius 2 is 1.13 bits per heavy atom. The number of nitrogens with zero attached hydrogens (tertiary/aromatic N) is 1. The summed E-state index contributed by atoms with van der Waals surface area (Å²) in [5, 5.41) is 7.11. The number of hydrogen-bond donors (Lipinski definition) is 0. The normalized spacial score (nSPS) is 12.3. The molecular weight excluding hydrogens is 759 g/mol. The van der Waals surface area contributed by atoms with Gasteiger partial charge in [-0.2, -0.15) is 0 Å². The molecule has 0 amide bonds. The highest BCUT2D eigenvalue weighted by Crippen LogP contribution is 2.50. The van der Waals surface area contributed by atoms with Gasteiger partial charge >= 0.3 is 0 Å². The molecule has 9 aromatic carbocycles. The molecule has 0 saturated heterocycles. The zero-order valence-electron chi connectivity index (χ0n) is 33.0. The Balaban J connectivity index is 1.16. The number of thiophene rings is 1. The highest BCUT2D eigenvalue weighted by Gasteiger charge is 2.23. The van der Waals surface area contributed by atoms with Crippen molar-refractivity contribution in [3.8, 4) is 33.4 Å². The molecule has 0 spiro atoms. The maximum absolute atomic E-state index is 6.36. The van der Waals surface area contributed by atoms with E-state index < -0.39 is 0 Å². The van der Waals surface area contributed by atoms with Crippen LogP contribution in [-0.4, -0.2) is 0 Å². The Morgan fingerprint density at radius 3 is 1.95 bits per heavy atom. The molecule has 0 N–H and O–H groups in total. The van der Waals surface area contributed by atoms with E-state index in [1.165, 1.54) is 58.8 Å². The maximum atomic E-state index is 6.36. The van der Waals surface area contributed by atoms with E-state index in [-0.39, 0.29) is 0 Å². The van der Waals surface area contributed by atoms with Crippen LogP contribution in [0.2, 0.25) is 0 Å². The summed E-state index contributed by atoms with van der Waals surface area (Å²) in [4.78, 5) is 2.45. The fourth-order valence-electron chi connectivity index (χ4n) is 8.97. The number of rotatable bonds is 7. The third-order valence-electron chi connectivity index (χ3n) is 11.9. The van der Waals surface area contributed by atoms with E-state index in [0.717, 1.165) is 55.7 Å². The number of hydrogen-bond acceptors (Lipinski definition) is 3. The van der Waals surface area contributed by atoms with Gasteiger partial charge in [-0.1, -0.05) is 133 Å². The summed E-state index contributed by atoms with van der Waals surface area (Å²) in [6, 6.07) is 70.3. The summed E-state index contributed by atoms with van der Waals surface area (Å²) in [6.45, 7) is 0. The van der Waals surface area contributed by atoms with Crippen molar-refractivity contribution >= 4 is 86.9 Å². The molecule has 61 heavy (non-hydrogen) atoms. The van der Waals surface area contributed by atoms with E-state index in [2.05, 4.69) is 204 Å². The number of fused-ring (bicyclic) bond motifs is 7. The van der Waals surface area contributed by atoms with Crippen molar-refractivity contribution < 1.29 is 4.42 Å². The summed E-state index contributed by atoms with van der Waals surface area (Å²) in [5.41, 5.74) is 20.6. The van der Waals surface area contributed by atoms with Crippen LogP contribution in [0.25, 0.3) is 91.8 Å².